The summed E-state index contributed by atoms with van der Waals surface area (Å²) in [6.07, 6.45) is 6.04. The van der Waals surface area contributed by atoms with Crippen LogP contribution in [0.3, 0.4) is 0 Å². The Morgan fingerprint density at radius 2 is 1.80 bits per heavy atom. The highest BCUT2D eigenvalue weighted by Crippen LogP contribution is 2.23. The molecule has 0 atom stereocenters. The molecular weight excluding hydrogens is 468 g/mol. The molecule has 0 radical (unpaired) electrons. The minimum absolute atomic E-state index is 0.0612. The van der Waals surface area contributed by atoms with Gasteiger partial charge in [-0.2, -0.15) is 0 Å². The molecule has 3 aromatic heterocycles. The summed E-state index contributed by atoms with van der Waals surface area (Å²) < 4.78 is 37.8. The molecule has 0 aliphatic rings. The summed E-state index contributed by atoms with van der Waals surface area (Å²) in [6, 6.07) is 18.5. The summed E-state index contributed by atoms with van der Waals surface area (Å²) in [5, 5.41) is 2.80. The molecule has 3 N–H and O–H groups in total. The van der Waals surface area contributed by atoms with Crippen LogP contribution in [0.1, 0.15) is 11.3 Å². The van der Waals surface area contributed by atoms with Crippen LogP contribution in [0.4, 0.5) is 5.69 Å². The smallest absolute Gasteiger partial charge is 0.248 e. The lowest BCUT2D eigenvalue weighted by Gasteiger charge is -2.06. The minimum atomic E-state index is -3.68. The maximum Gasteiger partial charge on any atom is 0.248 e. The second-order valence-corrected chi connectivity index (χ2v) is 9.36. The van der Waals surface area contributed by atoms with Crippen LogP contribution in [0.2, 0.25) is 0 Å². The van der Waals surface area contributed by atoms with Crippen molar-refractivity contribution in [3.05, 3.63) is 96.7 Å². The number of aromatic amines is 1. The van der Waals surface area contributed by atoms with Gasteiger partial charge in [-0.15, -0.1) is 0 Å². The first-order chi connectivity index (χ1) is 17.0. The third-order valence-electron chi connectivity index (χ3n) is 5.14. The van der Waals surface area contributed by atoms with Gasteiger partial charge < -0.3 is 19.1 Å². The average Bonchev–Trinajstić information content (AvgIpc) is 3.63. The molecule has 10 heteroatoms. The van der Waals surface area contributed by atoms with Gasteiger partial charge >= 0.3 is 0 Å². The van der Waals surface area contributed by atoms with E-state index in [1.54, 1.807) is 60.9 Å². The van der Waals surface area contributed by atoms with E-state index in [9.17, 15) is 13.2 Å². The number of nitrogens with one attached hydrogen (secondary N) is 3. The second kappa shape index (κ2) is 9.45. The number of carbonyl (C=O) groups excluding carboxylic acids is 1. The lowest BCUT2D eigenvalue weighted by molar-refractivity contribution is -0.111. The van der Waals surface area contributed by atoms with E-state index in [-0.39, 0.29) is 17.3 Å². The Labute approximate surface area is 200 Å². The summed E-state index contributed by atoms with van der Waals surface area (Å²) in [6.45, 7) is 0.0612. The molecule has 0 aliphatic carbocycles. The molecule has 9 nitrogen and oxygen atoms in total. The Balaban J connectivity index is 1.21. The van der Waals surface area contributed by atoms with Crippen LogP contribution in [0.15, 0.2) is 99.1 Å². The molecule has 3 heterocycles. The first-order valence-electron chi connectivity index (χ1n) is 10.6. The van der Waals surface area contributed by atoms with Gasteiger partial charge in [-0.3, -0.25) is 4.79 Å². The van der Waals surface area contributed by atoms with Crippen molar-refractivity contribution in [2.75, 3.05) is 5.32 Å². The number of hydrogen-bond acceptors (Lipinski definition) is 6. The summed E-state index contributed by atoms with van der Waals surface area (Å²) in [5.41, 5.74) is 2.79. The fraction of sp³-hybridized carbons (Fsp3) is 0.0400. The molecule has 0 saturated heterocycles. The van der Waals surface area contributed by atoms with Gasteiger partial charge in [0.25, 0.3) is 0 Å². The Hall–Kier alpha value is -4.41. The highest BCUT2D eigenvalue weighted by atomic mass is 32.2. The first-order valence-corrected chi connectivity index (χ1v) is 12.1. The molecule has 0 fully saturated rings. The Morgan fingerprint density at radius 3 is 2.54 bits per heavy atom. The van der Waals surface area contributed by atoms with Crippen molar-refractivity contribution >= 4 is 38.7 Å². The summed E-state index contributed by atoms with van der Waals surface area (Å²) in [4.78, 5) is 20.1. The van der Waals surface area contributed by atoms with Gasteiger partial charge in [0, 0.05) is 11.8 Å². The van der Waals surface area contributed by atoms with Crippen LogP contribution in [0.5, 0.6) is 0 Å². The number of carbonyl (C=O) groups is 1. The van der Waals surface area contributed by atoms with Crippen molar-refractivity contribution in [3.63, 3.8) is 0 Å². The zero-order valence-corrected chi connectivity index (χ0v) is 19.1. The Morgan fingerprint density at radius 1 is 1.00 bits per heavy atom. The van der Waals surface area contributed by atoms with E-state index in [1.807, 2.05) is 6.07 Å². The molecule has 176 valence electrons. The van der Waals surface area contributed by atoms with Gasteiger partial charge in [-0.25, -0.2) is 18.1 Å². The summed E-state index contributed by atoms with van der Waals surface area (Å²) >= 11 is 0. The zero-order valence-electron chi connectivity index (χ0n) is 18.3. The van der Waals surface area contributed by atoms with E-state index in [2.05, 4.69) is 20.0 Å². The highest BCUT2D eigenvalue weighted by molar-refractivity contribution is 7.89. The highest BCUT2D eigenvalue weighted by Gasteiger charge is 2.14. The maximum atomic E-state index is 12.4. The van der Waals surface area contributed by atoms with Crippen LogP contribution in [-0.4, -0.2) is 24.3 Å². The van der Waals surface area contributed by atoms with E-state index in [0.29, 0.717) is 28.6 Å². The minimum Gasteiger partial charge on any atom is -0.468 e. The number of nitrogens with zero attached hydrogens (tertiary/aromatic N) is 1. The largest absolute Gasteiger partial charge is 0.468 e. The molecule has 5 rings (SSSR count). The number of H-pyrrole nitrogens is 1. The topological polar surface area (TPSA) is 130 Å². The van der Waals surface area contributed by atoms with Crippen molar-refractivity contribution in [1.29, 1.82) is 0 Å². The molecule has 5 aromatic rings. The monoisotopic (exact) mass is 488 g/mol. The predicted octanol–water partition coefficient (Wildman–Crippen LogP) is 4.55. The quantitative estimate of drug-likeness (QED) is 0.275. The fourth-order valence-electron chi connectivity index (χ4n) is 3.39. The van der Waals surface area contributed by atoms with Crippen molar-refractivity contribution < 1.29 is 22.0 Å². The number of amides is 1. The van der Waals surface area contributed by atoms with E-state index < -0.39 is 10.0 Å². The van der Waals surface area contributed by atoms with Crippen molar-refractivity contribution in [2.45, 2.75) is 11.4 Å². The lowest BCUT2D eigenvalue weighted by atomic mass is 10.2. The number of rotatable bonds is 8. The number of furan rings is 2. The molecule has 0 spiro atoms. The number of fused-ring (bicyclic) bond motifs is 1. The van der Waals surface area contributed by atoms with Crippen molar-refractivity contribution in [1.82, 2.24) is 14.7 Å². The van der Waals surface area contributed by atoms with Gasteiger partial charge in [0.1, 0.15) is 5.76 Å². The molecule has 0 bridgehead atoms. The second-order valence-electron chi connectivity index (χ2n) is 7.59. The van der Waals surface area contributed by atoms with E-state index in [1.165, 1.54) is 24.5 Å². The standard InChI is InChI=1S/C25H20N4O5S/c30-24(27-18-8-11-21-22(15-18)29-25(28-21)23-4-2-14-34-23)12-7-17-5-9-20(10-6-17)35(31,32)26-16-19-3-1-13-33-19/h1-15,26H,16H2,(H,27,30)(H,28,29). The van der Waals surface area contributed by atoms with Crippen LogP contribution in [-0.2, 0) is 21.4 Å². The average molecular weight is 489 g/mol. The lowest BCUT2D eigenvalue weighted by Crippen LogP contribution is -2.22. The molecule has 0 saturated carbocycles. The van der Waals surface area contributed by atoms with Gasteiger partial charge in [-0.1, -0.05) is 12.1 Å². The van der Waals surface area contributed by atoms with Gasteiger partial charge in [-0.05, 0) is 66.2 Å². The maximum absolute atomic E-state index is 12.4. The van der Waals surface area contributed by atoms with Crippen molar-refractivity contribution in [2.24, 2.45) is 0 Å². The van der Waals surface area contributed by atoms with Crippen LogP contribution >= 0.6 is 0 Å². The van der Waals surface area contributed by atoms with Gasteiger partial charge in [0.05, 0.1) is 35.0 Å². The molecule has 1 amide bonds. The molecule has 2 aromatic carbocycles. The van der Waals surface area contributed by atoms with Gasteiger partial charge in [0.15, 0.2) is 11.6 Å². The number of aromatic nitrogens is 2. The fourth-order valence-corrected chi connectivity index (χ4v) is 4.39. The molecule has 0 aliphatic heterocycles. The van der Waals surface area contributed by atoms with Gasteiger partial charge in [0.2, 0.25) is 15.9 Å². The van der Waals surface area contributed by atoms with Crippen LogP contribution < -0.4 is 10.0 Å². The normalized spacial score (nSPS) is 11.9. The first kappa shape index (κ1) is 22.4. The van der Waals surface area contributed by atoms with E-state index in [0.717, 1.165) is 11.0 Å². The molecule has 0 unspecified atom stereocenters. The number of sulfonamides is 1. The number of hydrogen-bond donors (Lipinski definition) is 3. The SMILES string of the molecule is O=C(C=Cc1ccc(S(=O)(=O)NCc2ccco2)cc1)Nc1ccc2nc(-c3ccco3)[nH]c2c1. The summed E-state index contributed by atoms with van der Waals surface area (Å²) in [7, 11) is -3.68. The zero-order chi connectivity index (χ0) is 24.3. The third-order valence-corrected chi connectivity index (χ3v) is 6.56. The van der Waals surface area contributed by atoms with E-state index in [4.69, 9.17) is 8.83 Å². The molecule has 35 heavy (non-hydrogen) atoms. The Bertz CT molecular complexity index is 1580. The predicted molar refractivity (Wildman–Crippen MR) is 131 cm³/mol. The van der Waals surface area contributed by atoms with Crippen LogP contribution in [0, 0.1) is 0 Å². The van der Waals surface area contributed by atoms with Crippen molar-refractivity contribution in [3.8, 4) is 11.6 Å². The molecular formula is C25H20N4O5S. The van der Waals surface area contributed by atoms with Crippen LogP contribution in [0.25, 0.3) is 28.7 Å². The third kappa shape index (κ3) is 5.24. The number of imidazole rings is 1. The van der Waals surface area contributed by atoms with E-state index >= 15 is 0 Å². The summed E-state index contributed by atoms with van der Waals surface area (Å²) in [5.74, 6) is 1.42. The Kier molecular flexibility index (Phi) is 6.04. The number of anilines is 1. The number of benzene rings is 2.